The van der Waals surface area contributed by atoms with Crippen LogP contribution in [0.1, 0.15) is 72.1 Å². The monoisotopic (exact) mass is 459 g/mol. The molecule has 6 nitrogen and oxygen atoms in total. The molecule has 2 aromatic rings. The number of rotatable bonds is 2. The van der Waals surface area contributed by atoms with E-state index in [1.165, 1.54) is 16.7 Å². The Balaban J connectivity index is 1.36. The number of amides is 2. The summed E-state index contributed by atoms with van der Waals surface area (Å²) in [7, 11) is 0. The van der Waals surface area contributed by atoms with Crippen molar-refractivity contribution in [2.24, 2.45) is 0 Å². The summed E-state index contributed by atoms with van der Waals surface area (Å²) >= 11 is 0. The van der Waals surface area contributed by atoms with E-state index in [1.54, 1.807) is 24.3 Å². The van der Waals surface area contributed by atoms with E-state index in [0.29, 0.717) is 30.1 Å². The number of nitrogens with zero attached hydrogens (tertiary/aromatic N) is 3. The van der Waals surface area contributed by atoms with Crippen LogP contribution in [0.5, 0.6) is 0 Å². The molecule has 178 valence electrons. The number of benzene rings is 2. The van der Waals surface area contributed by atoms with Gasteiger partial charge in [0, 0.05) is 31.7 Å². The normalized spacial score (nSPS) is 16.9. The van der Waals surface area contributed by atoms with E-state index < -0.39 is 5.60 Å². The Morgan fingerprint density at radius 3 is 2.18 bits per heavy atom. The molecule has 0 unspecified atom stereocenters. The third-order valence-electron chi connectivity index (χ3n) is 6.70. The molecule has 0 radical (unpaired) electrons. The molecule has 1 fully saturated rings. The molecule has 2 aliphatic heterocycles. The highest BCUT2D eigenvalue weighted by Crippen LogP contribution is 2.31. The van der Waals surface area contributed by atoms with Gasteiger partial charge in [-0.2, -0.15) is 5.26 Å². The molecule has 0 N–H and O–H groups in total. The summed E-state index contributed by atoms with van der Waals surface area (Å²) in [6.45, 7) is 8.49. The average Bonchev–Trinajstić information content (AvgIpc) is 3.05. The van der Waals surface area contributed by atoms with Crippen LogP contribution in [0.15, 0.2) is 42.5 Å². The first kappa shape index (κ1) is 23.8. The second-order valence-corrected chi connectivity index (χ2v) is 10.3. The Bertz CT molecular complexity index is 1090. The summed E-state index contributed by atoms with van der Waals surface area (Å²) in [4.78, 5) is 29.1. The first-order chi connectivity index (χ1) is 16.2. The van der Waals surface area contributed by atoms with Crippen molar-refractivity contribution >= 4 is 12.0 Å². The van der Waals surface area contributed by atoms with Crippen LogP contribution in [0, 0.1) is 11.3 Å². The summed E-state index contributed by atoms with van der Waals surface area (Å²) in [6, 6.07) is 15.7. The fourth-order valence-electron chi connectivity index (χ4n) is 4.79. The maximum atomic E-state index is 12.8. The Labute approximate surface area is 202 Å². The smallest absolute Gasteiger partial charge is 0.410 e. The van der Waals surface area contributed by atoms with E-state index in [2.05, 4.69) is 24.3 Å². The number of hydrogen-bond donors (Lipinski definition) is 0. The molecule has 34 heavy (non-hydrogen) atoms. The lowest BCUT2D eigenvalue weighted by atomic mass is 9.86. The molecule has 0 saturated carbocycles. The van der Waals surface area contributed by atoms with E-state index in [-0.39, 0.29) is 12.0 Å². The Morgan fingerprint density at radius 2 is 1.56 bits per heavy atom. The van der Waals surface area contributed by atoms with Crippen LogP contribution < -0.4 is 0 Å². The van der Waals surface area contributed by atoms with E-state index in [9.17, 15) is 9.59 Å². The standard InChI is InChI=1S/C28H33N3O3/c1-28(2,3)34-27(33)31-16-12-21-8-9-24(18-25(21)13-17-31)22-10-14-30(15-11-22)26(32)23-6-4-20(19-29)5-7-23/h4-9,18,22H,10-17H2,1-3H3. The van der Waals surface area contributed by atoms with E-state index in [0.717, 1.165) is 38.8 Å². The number of fused-ring (bicyclic) bond motifs is 1. The minimum Gasteiger partial charge on any atom is -0.444 e. The molecule has 0 spiro atoms. The van der Waals surface area contributed by atoms with Gasteiger partial charge in [-0.25, -0.2) is 4.79 Å². The number of carbonyl (C=O) groups excluding carboxylic acids is 2. The van der Waals surface area contributed by atoms with Crippen LogP contribution in [0.2, 0.25) is 0 Å². The van der Waals surface area contributed by atoms with Crippen LogP contribution in [0.3, 0.4) is 0 Å². The number of hydrogen-bond acceptors (Lipinski definition) is 4. The summed E-state index contributed by atoms with van der Waals surface area (Å²) < 4.78 is 5.56. The Morgan fingerprint density at radius 1 is 0.912 bits per heavy atom. The highest BCUT2D eigenvalue weighted by Gasteiger charge is 2.27. The summed E-state index contributed by atoms with van der Waals surface area (Å²) in [5, 5.41) is 8.95. The third-order valence-corrected chi connectivity index (χ3v) is 6.70. The minimum atomic E-state index is -0.486. The van der Waals surface area contributed by atoms with Gasteiger partial charge in [0.1, 0.15) is 5.60 Å². The molecular formula is C28H33N3O3. The molecule has 6 heteroatoms. The summed E-state index contributed by atoms with van der Waals surface area (Å²) in [5.74, 6) is 0.465. The first-order valence-corrected chi connectivity index (χ1v) is 12.1. The van der Waals surface area contributed by atoms with Gasteiger partial charge >= 0.3 is 6.09 Å². The van der Waals surface area contributed by atoms with Gasteiger partial charge in [-0.1, -0.05) is 18.2 Å². The third kappa shape index (κ3) is 5.59. The van der Waals surface area contributed by atoms with E-state index >= 15 is 0 Å². The van der Waals surface area contributed by atoms with Gasteiger partial charge in [0.15, 0.2) is 0 Å². The maximum Gasteiger partial charge on any atom is 0.410 e. The van der Waals surface area contributed by atoms with Crippen LogP contribution in [0.25, 0.3) is 0 Å². The number of ether oxygens (including phenoxy) is 1. The zero-order valence-electron chi connectivity index (χ0n) is 20.3. The van der Waals surface area contributed by atoms with Gasteiger partial charge in [-0.05, 0) is 93.3 Å². The summed E-state index contributed by atoms with van der Waals surface area (Å²) in [6.07, 6.45) is 3.31. The second-order valence-electron chi connectivity index (χ2n) is 10.3. The van der Waals surface area contributed by atoms with E-state index in [4.69, 9.17) is 10.00 Å². The first-order valence-electron chi connectivity index (χ1n) is 12.1. The average molecular weight is 460 g/mol. The molecule has 2 aromatic carbocycles. The largest absolute Gasteiger partial charge is 0.444 e. The lowest BCUT2D eigenvalue weighted by molar-refractivity contribution is 0.0258. The molecule has 0 atom stereocenters. The van der Waals surface area contributed by atoms with Crippen molar-refractivity contribution in [3.63, 3.8) is 0 Å². The van der Waals surface area contributed by atoms with Gasteiger partial charge in [0.05, 0.1) is 11.6 Å². The molecule has 4 rings (SSSR count). The van der Waals surface area contributed by atoms with Crippen molar-refractivity contribution in [1.29, 1.82) is 5.26 Å². The van der Waals surface area contributed by atoms with Gasteiger partial charge in [0.25, 0.3) is 5.91 Å². The van der Waals surface area contributed by atoms with Crippen molar-refractivity contribution in [2.45, 2.75) is 58.0 Å². The number of piperidine rings is 1. The van der Waals surface area contributed by atoms with Crippen molar-refractivity contribution in [2.75, 3.05) is 26.2 Å². The van der Waals surface area contributed by atoms with Crippen LogP contribution in [0.4, 0.5) is 4.79 Å². The van der Waals surface area contributed by atoms with Gasteiger partial charge < -0.3 is 14.5 Å². The molecule has 0 aliphatic carbocycles. The van der Waals surface area contributed by atoms with E-state index in [1.807, 2.05) is 30.6 Å². The molecule has 1 saturated heterocycles. The topological polar surface area (TPSA) is 73.6 Å². The fraction of sp³-hybridized carbons (Fsp3) is 0.464. The van der Waals surface area contributed by atoms with Crippen molar-refractivity contribution in [1.82, 2.24) is 9.80 Å². The molecule has 2 amide bonds. The van der Waals surface area contributed by atoms with Crippen LogP contribution >= 0.6 is 0 Å². The fourth-order valence-corrected chi connectivity index (χ4v) is 4.79. The SMILES string of the molecule is CC(C)(C)OC(=O)N1CCc2ccc(C3CCN(C(=O)c4ccc(C#N)cc4)CC3)cc2CC1. The van der Waals surface area contributed by atoms with Gasteiger partial charge in [0.2, 0.25) is 0 Å². The predicted molar refractivity (Wildman–Crippen MR) is 131 cm³/mol. The molecule has 2 aliphatic rings. The zero-order chi connectivity index (χ0) is 24.3. The predicted octanol–water partition coefficient (Wildman–Crippen LogP) is 4.91. The molecule has 2 heterocycles. The minimum absolute atomic E-state index is 0.0344. The lowest BCUT2D eigenvalue weighted by Crippen LogP contribution is -2.38. The van der Waals surface area contributed by atoms with Gasteiger partial charge in [-0.3, -0.25) is 4.79 Å². The highest BCUT2D eigenvalue weighted by atomic mass is 16.6. The highest BCUT2D eigenvalue weighted by molar-refractivity contribution is 5.94. The number of nitriles is 1. The lowest BCUT2D eigenvalue weighted by Gasteiger charge is -2.32. The quantitative estimate of drug-likeness (QED) is 0.639. The van der Waals surface area contributed by atoms with Gasteiger partial charge in [-0.15, -0.1) is 0 Å². The number of likely N-dealkylation sites (tertiary alicyclic amines) is 1. The zero-order valence-corrected chi connectivity index (χ0v) is 20.3. The Kier molecular flexibility index (Phi) is 6.92. The molecular weight excluding hydrogens is 426 g/mol. The second kappa shape index (κ2) is 9.89. The van der Waals surface area contributed by atoms with Crippen molar-refractivity contribution in [3.8, 4) is 6.07 Å². The van der Waals surface area contributed by atoms with Crippen LogP contribution in [-0.2, 0) is 17.6 Å². The summed E-state index contributed by atoms with van der Waals surface area (Å²) in [5.41, 5.74) is 4.67. The Hall–Kier alpha value is -3.33. The van der Waals surface area contributed by atoms with Crippen molar-refractivity contribution < 1.29 is 14.3 Å². The molecule has 0 aromatic heterocycles. The maximum absolute atomic E-state index is 12.8. The van der Waals surface area contributed by atoms with Crippen molar-refractivity contribution in [3.05, 3.63) is 70.3 Å². The van der Waals surface area contributed by atoms with Crippen LogP contribution in [-0.4, -0.2) is 53.6 Å². The number of carbonyl (C=O) groups is 2. The molecule has 0 bridgehead atoms.